The first-order valence-electron chi connectivity index (χ1n) is 15.7. The van der Waals surface area contributed by atoms with E-state index < -0.39 is 18.2 Å². The molecule has 2 amide bonds. The molecular weight excluding hydrogens is 574 g/mol. The molecule has 10 heteroatoms. The predicted molar refractivity (Wildman–Crippen MR) is 168 cm³/mol. The minimum atomic E-state index is -0.665. The van der Waals surface area contributed by atoms with Gasteiger partial charge < -0.3 is 35.1 Å². The molecule has 0 spiro atoms. The highest BCUT2D eigenvalue weighted by Gasteiger charge is 2.39. The fourth-order valence-corrected chi connectivity index (χ4v) is 6.55. The number of carbonyl (C=O) groups is 2. The largest absolute Gasteiger partial charge is 0.496 e. The molecule has 3 heterocycles. The van der Waals surface area contributed by atoms with E-state index in [1.54, 1.807) is 13.2 Å². The number of ether oxygens (including phenoxy) is 3. The summed E-state index contributed by atoms with van der Waals surface area (Å²) in [5, 5.41) is 26.3. The number of aliphatic hydroxyl groups is 2. The number of hydrogen-bond acceptors (Lipinski definition) is 8. The fourth-order valence-electron chi connectivity index (χ4n) is 6.55. The van der Waals surface area contributed by atoms with Gasteiger partial charge in [-0.05, 0) is 54.2 Å². The van der Waals surface area contributed by atoms with Crippen LogP contribution in [0.2, 0.25) is 0 Å². The van der Waals surface area contributed by atoms with E-state index in [2.05, 4.69) is 15.5 Å². The average Bonchev–Trinajstić information content (AvgIpc) is 3.46. The molecule has 3 aromatic rings. The van der Waals surface area contributed by atoms with Crippen molar-refractivity contribution in [3.05, 3.63) is 83.4 Å². The molecule has 3 aliphatic heterocycles. The number of benzene rings is 3. The van der Waals surface area contributed by atoms with Gasteiger partial charge in [0.2, 0.25) is 5.91 Å². The third kappa shape index (κ3) is 7.15. The minimum Gasteiger partial charge on any atom is -0.496 e. The van der Waals surface area contributed by atoms with Crippen LogP contribution in [0.1, 0.15) is 47.2 Å². The van der Waals surface area contributed by atoms with Gasteiger partial charge in [-0.1, -0.05) is 48.5 Å². The summed E-state index contributed by atoms with van der Waals surface area (Å²) < 4.78 is 18.1. The molecule has 4 bridgehead atoms. The van der Waals surface area contributed by atoms with Gasteiger partial charge in [-0.15, -0.1) is 0 Å². The lowest BCUT2D eigenvalue weighted by Crippen LogP contribution is -2.50. The summed E-state index contributed by atoms with van der Waals surface area (Å²) in [7, 11) is 1.63. The molecule has 238 valence electrons. The van der Waals surface area contributed by atoms with Gasteiger partial charge in [0.05, 0.1) is 44.1 Å². The third-order valence-corrected chi connectivity index (χ3v) is 9.06. The topological polar surface area (TPSA) is 130 Å². The first-order chi connectivity index (χ1) is 21.9. The summed E-state index contributed by atoms with van der Waals surface area (Å²) >= 11 is 0. The number of amides is 2. The van der Waals surface area contributed by atoms with Crippen LogP contribution in [0.3, 0.4) is 0 Å². The highest BCUT2D eigenvalue weighted by molar-refractivity contribution is 5.98. The Morgan fingerprint density at radius 2 is 1.80 bits per heavy atom. The molecule has 0 unspecified atom stereocenters. The number of carbonyl (C=O) groups excluding carboxylic acids is 2. The number of methoxy groups -OCH3 is 1. The van der Waals surface area contributed by atoms with Gasteiger partial charge in [-0.25, -0.2) is 0 Å². The van der Waals surface area contributed by atoms with Crippen LogP contribution in [-0.4, -0.2) is 84.1 Å². The van der Waals surface area contributed by atoms with Crippen LogP contribution in [0.15, 0.2) is 66.7 Å². The highest BCUT2D eigenvalue weighted by atomic mass is 16.5. The van der Waals surface area contributed by atoms with Gasteiger partial charge in [0.15, 0.2) is 0 Å². The van der Waals surface area contributed by atoms with Crippen LogP contribution in [-0.2, 0) is 22.7 Å². The van der Waals surface area contributed by atoms with Crippen molar-refractivity contribution in [2.45, 2.75) is 69.2 Å². The van der Waals surface area contributed by atoms with E-state index >= 15 is 0 Å². The Morgan fingerprint density at radius 1 is 1.00 bits per heavy atom. The van der Waals surface area contributed by atoms with Crippen molar-refractivity contribution in [1.29, 1.82) is 0 Å². The van der Waals surface area contributed by atoms with Gasteiger partial charge in [0.25, 0.3) is 5.91 Å². The van der Waals surface area contributed by atoms with E-state index in [1.165, 1.54) is 0 Å². The van der Waals surface area contributed by atoms with Crippen LogP contribution in [0.5, 0.6) is 11.5 Å². The number of fused-ring (bicyclic) bond motifs is 5. The zero-order valence-corrected chi connectivity index (χ0v) is 25.5. The van der Waals surface area contributed by atoms with E-state index in [-0.39, 0.29) is 37.1 Å². The maximum absolute atomic E-state index is 13.8. The van der Waals surface area contributed by atoms with Crippen molar-refractivity contribution in [3.8, 4) is 22.6 Å². The lowest BCUT2D eigenvalue weighted by Gasteiger charge is -2.34. The standard InChI is InChI=1S/C35H41N3O7/c1-43-31-5-3-2-4-25(31)19-38-20-26-17-29(38)35(42)36-18-33-30(40)13-11-27(45-33)14-15-44-32-16-24(10-12-28(32)34(41)37-26)23-8-6-22(21-39)7-9-23/h2-10,12,16,26-27,29-30,33,39-40H,11,13-15,17-21H2,1H3,(H,36,42)(H,37,41)/t26-,27-,29-,30-,33+/m0/s1. The summed E-state index contributed by atoms with van der Waals surface area (Å²) in [5.41, 5.74) is 4.01. The maximum atomic E-state index is 13.8. The quantitative estimate of drug-likeness (QED) is 0.345. The van der Waals surface area contributed by atoms with E-state index in [9.17, 15) is 19.8 Å². The molecular formula is C35H41N3O7. The number of para-hydroxylation sites is 1. The summed E-state index contributed by atoms with van der Waals surface area (Å²) in [6.07, 6.45) is 0.927. The van der Waals surface area contributed by atoms with Crippen LogP contribution >= 0.6 is 0 Å². The molecule has 0 saturated carbocycles. The molecule has 10 nitrogen and oxygen atoms in total. The molecule has 0 aromatic heterocycles. The molecule has 2 saturated heterocycles. The van der Waals surface area contributed by atoms with Gasteiger partial charge in [0.1, 0.15) is 17.6 Å². The molecule has 0 radical (unpaired) electrons. The lowest BCUT2D eigenvalue weighted by atomic mass is 9.99. The molecule has 2 fully saturated rings. The highest BCUT2D eigenvalue weighted by Crippen LogP contribution is 2.31. The van der Waals surface area contributed by atoms with E-state index in [0.717, 1.165) is 28.0 Å². The minimum absolute atomic E-state index is 0.0329. The summed E-state index contributed by atoms with van der Waals surface area (Å²) in [5.74, 6) is 0.779. The summed E-state index contributed by atoms with van der Waals surface area (Å²) in [6.45, 7) is 1.43. The van der Waals surface area contributed by atoms with Crippen molar-refractivity contribution in [2.24, 2.45) is 0 Å². The number of likely N-dealkylation sites (tertiary alicyclic amines) is 1. The zero-order chi connectivity index (χ0) is 31.3. The Hall–Kier alpha value is -3.96. The van der Waals surface area contributed by atoms with Crippen LogP contribution in [0, 0.1) is 0 Å². The average molecular weight is 616 g/mol. The number of hydrogen-bond donors (Lipinski definition) is 4. The smallest absolute Gasteiger partial charge is 0.255 e. The molecule has 0 aliphatic carbocycles. The predicted octanol–water partition coefficient (Wildman–Crippen LogP) is 3.03. The molecule has 3 aromatic carbocycles. The van der Waals surface area contributed by atoms with Crippen LogP contribution in [0.4, 0.5) is 0 Å². The Bertz CT molecular complexity index is 1500. The summed E-state index contributed by atoms with van der Waals surface area (Å²) in [4.78, 5) is 29.4. The Labute approximate surface area is 263 Å². The number of nitrogens with one attached hydrogen (secondary N) is 2. The van der Waals surface area contributed by atoms with Crippen LogP contribution in [0.25, 0.3) is 11.1 Å². The second-order valence-electron chi connectivity index (χ2n) is 12.1. The zero-order valence-electron chi connectivity index (χ0n) is 25.5. The van der Waals surface area contributed by atoms with Crippen molar-refractivity contribution in [1.82, 2.24) is 15.5 Å². The molecule has 6 rings (SSSR count). The Balaban J connectivity index is 1.30. The van der Waals surface area contributed by atoms with Gasteiger partial charge in [-0.2, -0.15) is 0 Å². The summed E-state index contributed by atoms with van der Waals surface area (Å²) in [6, 6.07) is 20.1. The van der Waals surface area contributed by atoms with Gasteiger partial charge in [-0.3, -0.25) is 14.5 Å². The van der Waals surface area contributed by atoms with Gasteiger partial charge >= 0.3 is 0 Å². The fraction of sp³-hybridized carbons (Fsp3) is 0.429. The molecule has 3 aliphatic rings. The number of aliphatic hydroxyl groups excluding tert-OH is 2. The SMILES string of the molecule is COc1ccccc1CN1C[C@@H]2C[C@H]1C(=O)NC[C@H]1O[C@H](CCOc3cc(-c4ccc(CO)cc4)ccc3C(=O)N2)CC[C@@H]1O. The number of nitrogens with zero attached hydrogens (tertiary/aromatic N) is 1. The van der Waals surface area contributed by atoms with Crippen molar-refractivity contribution < 1.29 is 34.0 Å². The lowest BCUT2D eigenvalue weighted by molar-refractivity contribution is -0.133. The molecule has 45 heavy (non-hydrogen) atoms. The Morgan fingerprint density at radius 3 is 2.60 bits per heavy atom. The second-order valence-corrected chi connectivity index (χ2v) is 12.1. The van der Waals surface area contributed by atoms with Crippen molar-refractivity contribution in [2.75, 3.05) is 26.8 Å². The van der Waals surface area contributed by atoms with E-state index in [1.807, 2.05) is 60.7 Å². The third-order valence-electron chi connectivity index (χ3n) is 9.06. The molecule has 5 atom stereocenters. The second kappa shape index (κ2) is 14.0. The van der Waals surface area contributed by atoms with Crippen molar-refractivity contribution >= 4 is 11.8 Å². The van der Waals surface area contributed by atoms with Gasteiger partial charge in [0, 0.05) is 37.7 Å². The van der Waals surface area contributed by atoms with E-state index in [4.69, 9.17) is 14.2 Å². The number of rotatable bonds is 5. The monoisotopic (exact) mass is 615 g/mol. The molecule has 4 N–H and O–H groups in total. The normalized spacial score (nSPS) is 25.9. The first-order valence-corrected chi connectivity index (χ1v) is 15.7. The first kappa shape index (κ1) is 31.0. The van der Waals surface area contributed by atoms with Crippen LogP contribution < -0.4 is 20.1 Å². The maximum Gasteiger partial charge on any atom is 0.255 e. The van der Waals surface area contributed by atoms with Crippen molar-refractivity contribution in [3.63, 3.8) is 0 Å². The van der Waals surface area contributed by atoms with E-state index in [0.29, 0.717) is 56.7 Å². The Kier molecular flexibility index (Phi) is 9.65.